The monoisotopic (exact) mass is 588 g/mol. The zero-order valence-corrected chi connectivity index (χ0v) is 24.3. The number of nitrogens with one attached hydrogen (secondary N) is 3. The van der Waals surface area contributed by atoms with Crippen molar-refractivity contribution >= 4 is 51.8 Å². The highest BCUT2D eigenvalue weighted by atomic mass is 32.1. The standard InChI is InChI=1S/C32H28N8O2S/c1-39(2)20-28(41)34-23-10-6-11-24(19-23)36-32-33-15-14-25(37-32)30-29(38-27-13-3-4-16-40(27)30)21-8-5-9-22(18-21)35-31(42)26-12-7-17-43-26/h3-19H,20H2,1-2H3,(H,34,41)(H,35,42)(H,33,36,37). The van der Waals surface area contributed by atoms with Crippen molar-refractivity contribution in [2.24, 2.45) is 0 Å². The molecule has 0 aliphatic heterocycles. The fraction of sp³-hybridized carbons (Fsp3) is 0.0938. The van der Waals surface area contributed by atoms with Crippen LogP contribution < -0.4 is 16.0 Å². The number of carbonyl (C=O) groups excluding carboxylic acids is 2. The third-order valence-corrected chi connectivity index (χ3v) is 7.30. The Morgan fingerprint density at radius 1 is 0.860 bits per heavy atom. The van der Waals surface area contributed by atoms with E-state index in [1.165, 1.54) is 11.3 Å². The molecule has 43 heavy (non-hydrogen) atoms. The minimum Gasteiger partial charge on any atom is -0.325 e. The van der Waals surface area contributed by atoms with Crippen molar-refractivity contribution in [3.63, 3.8) is 0 Å². The smallest absolute Gasteiger partial charge is 0.265 e. The first-order valence-corrected chi connectivity index (χ1v) is 14.4. The summed E-state index contributed by atoms with van der Waals surface area (Å²) in [4.78, 5) is 41.6. The molecule has 0 fully saturated rings. The molecule has 0 saturated heterocycles. The van der Waals surface area contributed by atoms with Crippen LogP contribution in [0.3, 0.4) is 0 Å². The van der Waals surface area contributed by atoms with Gasteiger partial charge in [0.25, 0.3) is 5.91 Å². The van der Waals surface area contributed by atoms with Crippen LogP contribution >= 0.6 is 11.3 Å². The molecule has 6 aromatic rings. The fourth-order valence-electron chi connectivity index (χ4n) is 4.63. The Labute approximate surface area is 252 Å². The van der Waals surface area contributed by atoms with Crippen molar-refractivity contribution in [1.29, 1.82) is 0 Å². The number of likely N-dealkylation sites (N-methyl/N-ethyl adjacent to an activating group) is 1. The molecule has 11 heteroatoms. The summed E-state index contributed by atoms with van der Waals surface area (Å²) in [5.41, 5.74) is 5.82. The lowest BCUT2D eigenvalue weighted by atomic mass is 10.1. The molecule has 0 aliphatic carbocycles. The summed E-state index contributed by atoms with van der Waals surface area (Å²) in [6.07, 6.45) is 3.63. The molecule has 4 heterocycles. The van der Waals surface area contributed by atoms with Gasteiger partial charge in [0, 0.05) is 35.0 Å². The number of rotatable bonds is 9. The lowest BCUT2D eigenvalue weighted by Gasteiger charge is -2.12. The van der Waals surface area contributed by atoms with Gasteiger partial charge in [0.2, 0.25) is 11.9 Å². The highest BCUT2D eigenvalue weighted by Crippen LogP contribution is 2.33. The van der Waals surface area contributed by atoms with Crippen molar-refractivity contribution in [3.8, 4) is 22.6 Å². The predicted molar refractivity (Wildman–Crippen MR) is 171 cm³/mol. The minimum atomic E-state index is -0.157. The maximum Gasteiger partial charge on any atom is 0.265 e. The van der Waals surface area contributed by atoms with Gasteiger partial charge in [-0.1, -0.05) is 30.3 Å². The van der Waals surface area contributed by atoms with Crippen LogP contribution in [-0.4, -0.2) is 56.7 Å². The number of anilines is 4. The topological polar surface area (TPSA) is 117 Å². The number of amides is 2. The summed E-state index contributed by atoms with van der Waals surface area (Å²) in [7, 11) is 3.69. The van der Waals surface area contributed by atoms with Gasteiger partial charge in [-0.2, -0.15) is 0 Å². The fourth-order valence-corrected chi connectivity index (χ4v) is 5.25. The summed E-state index contributed by atoms with van der Waals surface area (Å²) in [5, 5.41) is 11.0. The zero-order valence-electron chi connectivity index (χ0n) is 23.5. The second-order valence-electron chi connectivity index (χ2n) is 10.0. The van der Waals surface area contributed by atoms with E-state index in [1.54, 1.807) is 12.3 Å². The van der Waals surface area contributed by atoms with Crippen LogP contribution in [-0.2, 0) is 4.79 Å². The molecular weight excluding hydrogens is 560 g/mol. The normalized spacial score (nSPS) is 11.0. The first kappa shape index (κ1) is 27.8. The second-order valence-corrected chi connectivity index (χ2v) is 11.0. The number of imidazole rings is 1. The van der Waals surface area contributed by atoms with Crippen molar-refractivity contribution in [1.82, 2.24) is 24.3 Å². The number of nitrogens with zero attached hydrogens (tertiary/aromatic N) is 5. The van der Waals surface area contributed by atoms with E-state index in [1.807, 2.05) is 114 Å². The van der Waals surface area contributed by atoms with Gasteiger partial charge in [0.05, 0.1) is 28.5 Å². The third kappa shape index (κ3) is 6.43. The molecule has 4 aromatic heterocycles. The Hall–Kier alpha value is -5.39. The Kier molecular flexibility index (Phi) is 7.90. The Balaban J connectivity index is 1.32. The number of hydrogen-bond donors (Lipinski definition) is 3. The molecule has 0 saturated carbocycles. The van der Waals surface area contributed by atoms with Crippen LogP contribution in [0.4, 0.5) is 23.0 Å². The third-order valence-electron chi connectivity index (χ3n) is 6.43. The molecular formula is C32H28N8O2S. The van der Waals surface area contributed by atoms with Crippen LogP contribution in [0.25, 0.3) is 28.3 Å². The highest BCUT2D eigenvalue weighted by molar-refractivity contribution is 7.12. The van der Waals surface area contributed by atoms with Gasteiger partial charge < -0.3 is 20.9 Å². The minimum absolute atomic E-state index is 0.101. The first-order valence-electron chi connectivity index (χ1n) is 13.5. The van der Waals surface area contributed by atoms with Gasteiger partial charge in [-0.25, -0.2) is 15.0 Å². The maximum atomic E-state index is 12.7. The number of thiophene rings is 1. The summed E-state index contributed by atoms with van der Waals surface area (Å²) >= 11 is 1.39. The lowest BCUT2D eigenvalue weighted by molar-refractivity contribution is -0.116. The van der Waals surface area contributed by atoms with Gasteiger partial charge in [-0.3, -0.25) is 14.0 Å². The average molecular weight is 589 g/mol. The van der Waals surface area contributed by atoms with Gasteiger partial charge >= 0.3 is 0 Å². The molecule has 0 aliphatic rings. The molecule has 0 spiro atoms. The summed E-state index contributed by atoms with van der Waals surface area (Å²) in [5.74, 6) is 0.133. The maximum absolute atomic E-state index is 12.7. The number of carbonyl (C=O) groups is 2. The molecule has 2 aromatic carbocycles. The van der Waals surface area contributed by atoms with Gasteiger partial charge in [-0.05, 0) is 74.1 Å². The average Bonchev–Trinajstić information content (AvgIpc) is 3.66. The van der Waals surface area contributed by atoms with E-state index < -0.39 is 0 Å². The van der Waals surface area contributed by atoms with Crippen LogP contribution in [0.1, 0.15) is 9.67 Å². The van der Waals surface area contributed by atoms with Crippen molar-refractivity contribution in [2.75, 3.05) is 36.6 Å². The largest absolute Gasteiger partial charge is 0.325 e. The summed E-state index contributed by atoms with van der Waals surface area (Å²) < 4.78 is 1.99. The molecule has 0 radical (unpaired) electrons. The van der Waals surface area contributed by atoms with Crippen molar-refractivity contribution in [2.45, 2.75) is 0 Å². The van der Waals surface area contributed by atoms with E-state index in [0.717, 1.165) is 22.6 Å². The van der Waals surface area contributed by atoms with Gasteiger partial charge in [0.1, 0.15) is 5.65 Å². The van der Waals surface area contributed by atoms with Crippen LogP contribution in [0.5, 0.6) is 0 Å². The lowest BCUT2D eigenvalue weighted by Crippen LogP contribution is -2.27. The first-order chi connectivity index (χ1) is 20.9. The number of pyridine rings is 1. The van der Waals surface area contributed by atoms with Crippen LogP contribution in [0, 0.1) is 0 Å². The van der Waals surface area contributed by atoms with Crippen molar-refractivity contribution in [3.05, 3.63) is 108 Å². The molecule has 0 unspecified atom stereocenters. The number of fused-ring (bicyclic) bond motifs is 1. The summed E-state index contributed by atoms with van der Waals surface area (Å²) in [6.45, 7) is 0.286. The van der Waals surface area contributed by atoms with E-state index in [-0.39, 0.29) is 18.4 Å². The molecule has 6 rings (SSSR count). The molecule has 0 bridgehead atoms. The highest BCUT2D eigenvalue weighted by Gasteiger charge is 2.18. The molecule has 214 valence electrons. The number of aromatic nitrogens is 4. The number of hydrogen-bond acceptors (Lipinski definition) is 8. The van der Waals surface area contributed by atoms with Gasteiger partial charge in [0.15, 0.2) is 0 Å². The molecule has 2 amide bonds. The summed E-state index contributed by atoms with van der Waals surface area (Å²) in [6, 6.07) is 26.3. The second kappa shape index (κ2) is 12.2. The zero-order chi connectivity index (χ0) is 29.8. The van der Waals surface area contributed by atoms with E-state index in [4.69, 9.17) is 9.97 Å². The molecule has 0 atom stereocenters. The van der Waals surface area contributed by atoms with E-state index in [0.29, 0.717) is 33.6 Å². The van der Waals surface area contributed by atoms with Gasteiger partial charge in [-0.15, -0.1) is 11.3 Å². The predicted octanol–water partition coefficient (Wildman–Crippen LogP) is 6.02. The number of benzene rings is 2. The molecule has 10 nitrogen and oxygen atoms in total. The Morgan fingerprint density at radius 2 is 1.67 bits per heavy atom. The molecule has 3 N–H and O–H groups in total. The Morgan fingerprint density at radius 3 is 2.49 bits per heavy atom. The van der Waals surface area contributed by atoms with Crippen LogP contribution in [0.15, 0.2) is 103 Å². The Bertz CT molecular complexity index is 1920. The van der Waals surface area contributed by atoms with E-state index in [9.17, 15) is 9.59 Å². The quantitative estimate of drug-likeness (QED) is 0.189. The van der Waals surface area contributed by atoms with Crippen molar-refractivity contribution < 1.29 is 9.59 Å². The SMILES string of the molecule is CN(C)CC(=O)Nc1cccc(Nc2nccc(-c3c(-c4cccc(NC(=O)c5cccs5)c4)nc4ccccn34)n2)c1. The van der Waals surface area contributed by atoms with E-state index in [2.05, 4.69) is 20.9 Å². The van der Waals surface area contributed by atoms with Crippen LogP contribution in [0.2, 0.25) is 0 Å². The van der Waals surface area contributed by atoms with E-state index >= 15 is 0 Å².